The van der Waals surface area contributed by atoms with Crippen LogP contribution in [-0.4, -0.2) is 60.6 Å². The third-order valence-electron chi connectivity index (χ3n) is 9.24. The quantitative estimate of drug-likeness (QED) is 0.524. The number of carbonyl (C=O) groups is 1. The Kier molecular flexibility index (Phi) is 5.53. The third kappa shape index (κ3) is 3.80. The highest BCUT2D eigenvalue weighted by Crippen LogP contribution is 2.57. The molecule has 0 bridgehead atoms. The minimum Gasteiger partial charge on any atom is -0.462 e. The van der Waals surface area contributed by atoms with Crippen molar-refractivity contribution in [2.75, 3.05) is 32.7 Å². The van der Waals surface area contributed by atoms with Gasteiger partial charge < -0.3 is 14.5 Å². The topological polar surface area (TPSA) is 32.8 Å². The number of fused-ring (bicyclic) bond motifs is 2. The summed E-state index contributed by atoms with van der Waals surface area (Å²) in [6.45, 7) is 12.7. The molecule has 5 atom stereocenters. The largest absolute Gasteiger partial charge is 0.462 e. The number of allylic oxidation sites excluding steroid dienone is 1. The Bertz CT molecular complexity index is 635. The van der Waals surface area contributed by atoms with Gasteiger partial charge in [0.2, 0.25) is 0 Å². The molecule has 3 heterocycles. The fourth-order valence-corrected chi connectivity index (χ4v) is 7.49. The lowest BCUT2D eigenvalue weighted by Gasteiger charge is -2.50. The van der Waals surface area contributed by atoms with Crippen molar-refractivity contribution in [1.29, 1.82) is 0 Å². The van der Waals surface area contributed by atoms with Crippen LogP contribution in [0.5, 0.6) is 0 Å². The van der Waals surface area contributed by atoms with Crippen LogP contribution in [0.2, 0.25) is 0 Å². The molecule has 3 aliphatic heterocycles. The third-order valence-corrected chi connectivity index (χ3v) is 9.24. The van der Waals surface area contributed by atoms with Gasteiger partial charge in [0.1, 0.15) is 6.10 Å². The summed E-state index contributed by atoms with van der Waals surface area (Å²) in [4.78, 5) is 18.1. The monoisotopic (exact) mass is 400 g/mol. The summed E-state index contributed by atoms with van der Waals surface area (Å²) < 4.78 is 5.98. The summed E-state index contributed by atoms with van der Waals surface area (Å²) in [6.07, 6.45) is 12.8. The van der Waals surface area contributed by atoms with E-state index in [-0.39, 0.29) is 18.0 Å². The van der Waals surface area contributed by atoms with E-state index in [1.165, 1.54) is 70.0 Å². The number of likely N-dealkylation sites (tertiary alicyclic amines) is 2. The van der Waals surface area contributed by atoms with Gasteiger partial charge in [0, 0.05) is 18.5 Å². The molecule has 5 aliphatic rings. The molecule has 0 spiro atoms. The van der Waals surface area contributed by atoms with E-state index < -0.39 is 0 Å². The fraction of sp³-hybridized carbons (Fsp3) is 0.880. The predicted octanol–water partition coefficient (Wildman–Crippen LogP) is 4.25. The summed E-state index contributed by atoms with van der Waals surface area (Å²) in [5.74, 6) is 1.19. The molecule has 3 saturated heterocycles. The lowest BCUT2D eigenvalue weighted by molar-refractivity contribution is -0.146. The lowest BCUT2D eigenvalue weighted by Crippen LogP contribution is -2.49. The van der Waals surface area contributed by atoms with E-state index in [4.69, 9.17) is 4.74 Å². The molecule has 0 unspecified atom stereocenters. The predicted molar refractivity (Wildman–Crippen MR) is 116 cm³/mol. The van der Waals surface area contributed by atoms with E-state index in [1.54, 1.807) is 0 Å². The molecular formula is C25H40N2O2. The number of hydrogen-bond acceptors (Lipinski definition) is 4. The first-order valence-corrected chi connectivity index (χ1v) is 12.4. The number of nitrogens with zero attached hydrogens (tertiary/aromatic N) is 2. The van der Waals surface area contributed by atoms with E-state index in [0.29, 0.717) is 17.3 Å². The molecule has 0 aromatic carbocycles. The molecule has 4 heteroatoms. The zero-order valence-electron chi connectivity index (χ0n) is 18.4. The van der Waals surface area contributed by atoms with Gasteiger partial charge in [0.05, 0.1) is 5.92 Å². The summed E-state index contributed by atoms with van der Waals surface area (Å²) in [7, 11) is 0. The average molecular weight is 401 g/mol. The van der Waals surface area contributed by atoms with E-state index in [0.717, 1.165) is 38.5 Å². The first-order valence-electron chi connectivity index (χ1n) is 12.4. The first-order chi connectivity index (χ1) is 14.0. The van der Waals surface area contributed by atoms with Crippen LogP contribution in [0.3, 0.4) is 0 Å². The van der Waals surface area contributed by atoms with E-state index in [1.807, 2.05) is 0 Å². The Morgan fingerprint density at radius 2 is 1.86 bits per heavy atom. The molecule has 5 rings (SSSR count). The molecule has 29 heavy (non-hydrogen) atoms. The fourth-order valence-electron chi connectivity index (χ4n) is 7.49. The van der Waals surface area contributed by atoms with Crippen LogP contribution in [0.15, 0.2) is 12.2 Å². The zero-order valence-corrected chi connectivity index (χ0v) is 18.4. The Morgan fingerprint density at radius 1 is 1.10 bits per heavy atom. The second kappa shape index (κ2) is 8.00. The smallest absolute Gasteiger partial charge is 0.310 e. The lowest BCUT2D eigenvalue weighted by atomic mass is 9.55. The standard InChI is InChI=1S/C25H40N2O2/c1-18-7-6-10-25(2)16-23-20(15-22(18)25)21(24(28)29-23)17-26-13-8-19(9-14-26)27-11-4-3-5-12-27/h19-23H,1,3-17H2,2H3/t20-,21-,22-,23-,25-/m1/s1. The van der Waals surface area contributed by atoms with Crippen molar-refractivity contribution in [2.24, 2.45) is 23.2 Å². The maximum absolute atomic E-state index is 12.8. The van der Waals surface area contributed by atoms with Gasteiger partial charge in [0.15, 0.2) is 0 Å². The van der Waals surface area contributed by atoms with Crippen LogP contribution >= 0.6 is 0 Å². The number of ether oxygens (including phenoxy) is 1. The number of rotatable bonds is 3. The maximum Gasteiger partial charge on any atom is 0.310 e. The SMILES string of the molecule is C=C1CCC[C@]2(C)C[C@H]3OC(=O)[C@H](CN4CCC(N5CCCCC5)CC4)[C@H]3C[C@H]12. The molecule has 0 amide bonds. The van der Waals surface area contributed by atoms with E-state index >= 15 is 0 Å². The molecule has 0 aromatic rings. The van der Waals surface area contributed by atoms with Crippen LogP contribution in [0, 0.1) is 23.2 Å². The highest BCUT2D eigenvalue weighted by atomic mass is 16.6. The molecule has 0 N–H and O–H groups in total. The molecule has 0 radical (unpaired) electrons. The highest BCUT2D eigenvalue weighted by Gasteiger charge is 2.55. The van der Waals surface area contributed by atoms with Crippen LogP contribution < -0.4 is 0 Å². The molecule has 162 valence electrons. The Labute approximate surface area is 177 Å². The van der Waals surface area contributed by atoms with Crippen molar-refractivity contribution in [3.63, 3.8) is 0 Å². The van der Waals surface area contributed by atoms with E-state index in [9.17, 15) is 4.79 Å². The van der Waals surface area contributed by atoms with Crippen molar-refractivity contribution in [3.05, 3.63) is 12.2 Å². The van der Waals surface area contributed by atoms with Gasteiger partial charge in [-0.1, -0.05) is 25.5 Å². The van der Waals surface area contributed by atoms with Crippen LogP contribution in [0.25, 0.3) is 0 Å². The van der Waals surface area contributed by atoms with Gasteiger partial charge in [-0.05, 0) is 95.3 Å². The Morgan fingerprint density at radius 3 is 2.62 bits per heavy atom. The summed E-state index contributed by atoms with van der Waals surface area (Å²) in [5, 5.41) is 0. The van der Waals surface area contributed by atoms with Gasteiger partial charge in [-0.3, -0.25) is 4.79 Å². The van der Waals surface area contributed by atoms with Crippen LogP contribution in [-0.2, 0) is 9.53 Å². The molecule has 2 saturated carbocycles. The molecule has 4 nitrogen and oxygen atoms in total. The van der Waals surface area contributed by atoms with Gasteiger partial charge in [-0.25, -0.2) is 0 Å². The van der Waals surface area contributed by atoms with Crippen molar-refractivity contribution >= 4 is 5.97 Å². The van der Waals surface area contributed by atoms with Gasteiger partial charge in [-0.15, -0.1) is 0 Å². The minimum absolute atomic E-state index is 0.0887. The van der Waals surface area contributed by atoms with Crippen molar-refractivity contribution in [2.45, 2.75) is 83.3 Å². The van der Waals surface area contributed by atoms with Gasteiger partial charge in [0.25, 0.3) is 0 Å². The summed E-state index contributed by atoms with van der Waals surface area (Å²) >= 11 is 0. The van der Waals surface area contributed by atoms with Gasteiger partial charge >= 0.3 is 5.97 Å². The van der Waals surface area contributed by atoms with Crippen LogP contribution in [0.1, 0.15) is 71.1 Å². The normalized spacial score (nSPS) is 42.4. The zero-order chi connectivity index (χ0) is 20.0. The molecule has 2 aliphatic carbocycles. The molecule has 5 fully saturated rings. The van der Waals surface area contributed by atoms with Crippen LogP contribution in [0.4, 0.5) is 0 Å². The highest BCUT2D eigenvalue weighted by molar-refractivity contribution is 5.75. The molecular weight excluding hydrogens is 360 g/mol. The van der Waals surface area contributed by atoms with E-state index in [2.05, 4.69) is 23.3 Å². The Hall–Kier alpha value is -0.870. The molecule has 0 aromatic heterocycles. The minimum atomic E-state index is 0.0887. The number of esters is 1. The van der Waals surface area contributed by atoms with Crippen molar-refractivity contribution in [1.82, 2.24) is 9.80 Å². The number of hydrogen-bond donors (Lipinski definition) is 0. The Balaban J connectivity index is 1.20. The number of carbonyl (C=O) groups excluding carboxylic acids is 1. The van der Waals surface area contributed by atoms with Crippen molar-refractivity contribution in [3.8, 4) is 0 Å². The number of piperidine rings is 2. The average Bonchev–Trinajstić information content (AvgIpc) is 3.01. The summed E-state index contributed by atoms with van der Waals surface area (Å²) in [5.41, 5.74) is 1.75. The second-order valence-corrected chi connectivity index (χ2v) is 11.0. The summed E-state index contributed by atoms with van der Waals surface area (Å²) in [6, 6.07) is 0.774. The second-order valence-electron chi connectivity index (χ2n) is 11.0. The van der Waals surface area contributed by atoms with Gasteiger partial charge in [-0.2, -0.15) is 0 Å². The van der Waals surface area contributed by atoms with Crippen molar-refractivity contribution < 1.29 is 9.53 Å². The first kappa shape index (κ1) is 20.1. The maximum atomic E-state index is 12.8.